The van der Waals surface area contributed by atoms with Crippen LogP contribution in [-0.4, -0.2) is 16.6 Å². The molecule has 5 rings (SSSR count). The zero-order valence-electron chi connectivity index (χ0n) is 15.1. The van der Waals surface area contributed by atoms with Gasteiger partial charge in [0.15, 0.2) is 0 Å². The lowest BCUT2D eigenvalue weighted by molar-refractivity contribution is 0.357. The minimum Gasteiger partial charge on any atom is -0.493 e. The number of nitrogen functional groups attached to an aromatic ring is 1. The normalized spacial score (nSPS) is 12.8. The number of nitrogens with zero attached hydrogens (tertiary/aromatic N) is 1. The summed E-state index contributed by atoms with van der Waals surface area (Å²) in [5, 5.41) is 0.382. The van der Waals surface area contributed by atoms with E-state index in [4.69, 9.17) is 10.5 Å². The first-order valence-electron chi connectivity index (χ1n) is 9.05. The first kappa shape index (κ1) is 17.4. The number of pyridine rings is 2. The van der Waals surface area contributed by atoms with E-state index in [2.05, 4.69) is 9.97 Å². The molecule has 0 saturated carbocycles. The van der Waals surface area contributed by atoms with E-state index in [1.165, 1.54) is 12.1 Å². The smallest absolute Gasteiger partial charge is 0.256 e. The molecule has 3 heterocycles. The Labute approximate surface area is 163 Å². The molecule has 2 aromatic heterocycles. The van der Waals surface area contributed by atoms with Gasteiger partial charge in [-0.3, -0.25) is 4.79 Å². The third kappa shape index (κ3) is 2.82. The van der Waals surface area contributed by atoms with Gasteiger partial charge < -0.3 is 15.5 Å². The van der Waals surface area contributed by atoms with E-state index in [1.54, 1.807) is 18.2 Å². The number of aromatic nitrogens is 2. The lowest BCUT2D eigenvalue weighted by Gasteiger charge is -2.11. The van der Waals surface area contributed by atoms with Crippen molar-refractivity contribution in [3.8, 4) is 28.0 Å². The summed E-state index contributed by atoms with van der Waals surface area (Å²) in [6.45, 7) is 0.605. The van der Waals surface area contributed by atoms with Gasteiger partial charge in [-0.1, -0.05) is 12.1 Å². The van der Waals surface area contributed by atoms with Gasteiger partial charge in [-0.05, 0) is 47.0 Å². The summed E-state index contributed by atoms with van der Waals surface area (Å²) in [6.07, 6.45) is 1.78. The van der Waals surface area contributed by atoms with Gasteiger partial charge in [0.2, 0.25) is 5.95 Å². The van der Waals surface area contributed by atoms with Gasteiger partial charge in [-0.15, -0.1) is 0 Å². The second-order valence-electron chi connectivity index (χ2n) is 6.91. The number of anilines is 1. The van der Waals surface area contributed by atoms with Gasteiger partial charge in [0.1, 0.15) is 17.4 Å². The maximum atomic E-state index is 14.6. The Morgan fingerprint density at radius 3 is 2.66 bits per heavy atom. The highest BCUT2D eigenvalue weighted by atomic mass is 19.1. The first-order chi connectivity index (χ1) is 14.0. The number of benzene rings is 2. The Morgan fingerprint density at radius 1 is 1.00 bits per heavy atom. The Bertz CT molecular complexity index is 1350. The summed E-state index contributed by atoms with van der Waals surface area (Å²) in [6, 6.07) is 11.7. The largest absolute Gasteiger partial charge is 0.493 e. The second kappa shape index (κ2) is 6.41. The molecule has 0 spiro atoms. The number of nitrogens with two attached hydrogens (primary N) is 1. The molecule has 1 aliphatic heterocycles. The second-order valence-corrected chi connectivity index (χ2v) is 6.91. The van der Waals surface area contributed by atoms with E-state index in [9.17, 15) is 13.6 Å². The predicted octanol–water partition coefficient (Wildman–Crippen LogP) is 4.05. The van der Waals surface area contributed by atoms with Crippen molar-refractivity contribution in [3.05, 3.63) is 76.3 Å². The molecule has 144 valence electrons. The van der Waals surface area contributed by atoms with Crippen LogP contribution in [0.25, 0.3) is 33.0 Å². The monoisotopic (exact) mass is 391 g/mol. The van der Waals surface area contributed by atoms with Crippen LogP contribution in [0.5, 0.6) is 5.75 Å². The fourth-order valence-electron chi connectivity index (χ4n) is 3.68. The summed E-state index contributed by atoms with van der Waals surface area (Å²) < 4.78 is 34.3. The van der Waals surface area contributed by atoms with Crippen LogP contribution < -0.4 is 16.0 Å². The van der Waals surface area contributed by atoms with Crippen molar-refractivity contribution in [2.75, 3.05) is 12.3 Å². The van der Waals surface area contributed by atoms with Crippen molar-refractivity contribution in [2.45, 2.75) is 6.42 Å². The number of aromatic amines is 1. The van der Waals surface area contributed by atoms with Crippen LogP contribution in [0.4, 0.5) is 14.6 Å². The van der Waals surface area contributed by atoms with E-state index < -0.39 is 11.8 Å². The molecule has 0 amide bonds. The molecular formula is C22H15F2N3O2. The number of ether oxygens (including phenoxy) is 1. The Kier molecular flexibility index (Phi) is 3.84. The minimum atomic E-state index is -0.687. The molecule has 0 fully saturated rings. The Morgan fingerprint density at radius 2 is 1.79 bits per heavy atom. The molecule has 0 saturated heterocycles. The van der Waals surface area contributed by atoms with Gasteiger partial charge in [-0.2, -0.15) is 4.39 Å². The summed E-state index contributed by atoms with van der Waals surface area (Å²) in [7, 11) is 0. The standard InChI is InChI=1S/C22H15F2N3O2/c23-18-10-26-22(28)14-3-1-12(8-17(14)18)16-9-15(20(24)27-21(16)25)11-2-4-19-13(7-11)5-6-29-19/h1-4,7-10H,5-6H2,(H2,25,27)(H,26,28). The molecule has 0 atom stereocenters. The Hall–Kier alpha value is -3.74. The number of halogens is 2. The van der Waals surface area contributed by atoms with Crippen LogP contribution in [0.1, 0.15) is 5.56 Å². The average Bonchev–Trinajstić information content (AvgIpc) is 3.18. The van der Waals surface area contributed by atoms with Crippen molar-refractivity contribution in [3.63, 3.8) is 0 Å². The zero-order chi connectivity index (χ0) is 20.1. The molecule has 3 N–H and O–H groups in total. The molecule has 0 radical (unpaired) electrons. The van der Waals surface area contributed by atoms with Crippen molar-refractivity contribution in [1.29, 1.82) is 0 Å². The van der Waals surface area contributed by atoms with Crippen molar-refractivity contribution < 1.29 is 13.5 Å². The molecule has 4 aromatic rings. The number of fused-ring (bicyclic) bond motifs is 2. The molecular weight excluding hydrogens is 376 g/mol. The quantitative estimate of drug-likeness (QED) is 0.505. The maximum Gasteiger partial charge on any atom is 0.256 e. The first-order valence-corrected chi connectivity index (χ1v) is 9.05. The van der Waals surface area contributed by atoms with E-state index in [1.807, 2.05) is 12.1 Å². The number of rotatable bonds is 2. The topological polar surface area (TPSA) is 81.0 Å². The predicted molar refractivity (Wildman–Crippen MR) is 107 cm³/mol. The lowest BCUT2D eigenvalue weighted by Crippen LogP contribution is -2.06. The van der Waals surface area contributed by atoms with E-state index in [0.717, 1.165) is 23.9 Å². The number of H-pyrrole nitrogens is 1. The lowest BCUT2D eigenvalue weighted by atomic mass is 9.97. The SMILES string of the molecule is Nc1nc(F)c(-c2ccc3c(c2)CCO3)cc1-c1ccc2c(=O)[nH]cc(F)c2c1. The van der Waals surface area contributed by atoms with E-state index >= 15 is 0 Å². The highest BCUT2D eigenvalue weighted by molar-refractivity contribution is 5.89. The summed E-state index contributed by atoms with van der Waals surface area (Å²) in [5.41, 5.74) is 8.53. The molecule has 2 aromatic carbocycles. The van der Waals surface area contributed by atoms with Gasteiger partial charge in [-0.25, -0.2) is 9.37 Å². The van der Waals surface area contributed by atoms with Gasteiger partial charge in [0.25, 0.3) is 5.56 Å². The summed E-state index contributed by atoms with van der Waals surface area (Å²) in [4.78, 5) is 18.1. The minimum absolute atomic E-state index is 0.0136. The highest BCUT2D eigenvalue weighted by Crippen LogP contribution is 2.35. The molecule has 0 bridgehead atoms. The molecule has 7 heteroatoms. The molecule has 29 heavy (non-hydrogen) atoms. The van der Waals surface area contributed by atoms with Gasteiger partial charge in [0.05, 0.1) is 6.61 Å². The van der Waals surface area contributed by atoms with Crippen LogP contribution in [0.2, 0.25) is 0 Å². The third-order valence-corrected chi connectivity index (χ3v) is 5.17. The van der Waals surface area contributed by atoms with Gasteiger partial charge >= 0.3 is 0 Å². The number of hydrogen-bond donors (Lipinski definition) is 2. The van der Waals surface area contributed by atoms with Crippen molar-refractivity contribution in [2.24, 2.45) is 0 Å². The zero-order valence-corrected chi connectivity index (χ0v) is 15.1. The van der Waals surface area contributed by atoms with Crippen LogP contribution in [0, 0.1) is 11.8 Å². The van der Waals surface area contributed by atoms with Gasteiger partial charge in [0, 0.05) is 34.5 Å². The fourth-order valence-corrected chi connectivity index (χ4v) is 3.68. The number of nitrogens with one attached hydrogen (secondary N) is 1. The van der Waals surface area contributed by atoms with Crippen LogP contribution in [0.15, 0.2) is 53.5 Å². The molecule has 0 aliphatic carbocycles. The van der Waals surface area contributed by atoms with Crippen LogP contribution >= 0.6 is 0 Å². The Balaban J connectivity index is 1.68. The highest BCUT2D eigenvalue weighted by Gasteiger charge is 2.18. The van der Waals surface area contributed by atoms with E-state index in [-0.39, 0.29) is 27.7 Å². The fraction of sp³-hybridized carbons (Fsp3) is 0.0909. The number of hydrogen-bond acceptors (Lipinski definition) is 4. The van der Waals surface area contributed by atoms with E-state index in [0.29, 0.717) is 23.3 Å². The summed E-state index contributed by atoms with van der Waals surface area (Å²) in [5.74, 6) is -0.462. The molecule has 1 aliphatic rings. The molecule has 0 unspecified atom stereocenters. The van der Waals surface area contributed by atoms with Crippen molar-refractivity contribution >= 4 is 16.6 Å². The van der Waals surface area contributed by atoms with Crippen LogP contribution in [0.3, 0.4) is 0 Å². The maximum absolute atomic E-state index is 14.6. The molecule has 5 nitrogen and oxygen atoms in total. The van der Waals surface area contributed by atoms with Crippen molar-refractivity contribution in [1.82, 2.24) is 9.97 Å². The van der Waals surface area contributed by atoms with Crippen LogP contribution in [-0.2, 0) is 6.42 Å². The average molecular weight is 391 g/mol. The third-order valence-electron chi connectivity index (χ3n) is 5.17. The summed E-state index contributed by atoms with van der Waals surface area (Å²) >= 11 is 0.